The third-order valence-electron chi connectivity index (χ3n) is 4.01. The molecule has 1 fully saturated rings. The summed E-state index contributed by atoms with van der Waals surface area (Å²) in [5.74, 6) is 0.590. The third kappa shape index (κ3) is 2.50. The van der Waals surface area contributed by atoms with Crippen molar-refractivity contribution in [3.63, 3.8) is 0 Å². The number of ketones is 1. The molecule has 4 unspecified atom stereocenters. The van der Waals surface area contributed by atoms with Crippen molar-refractivity contribution in [2.75, 3.05) is 0 Å². The van der Waals surface area contributed by atoms with Gasteiger partial charge in [-0.25, -0.2) is 4.98 Å². The molecule has 1 aromatic rings. The number of nitrogens with zero attached hydrogens (tertiary/aromatic N) is 1. The molecule has 2 rings (SSSR count). The van der Waals surface area contributed by atoms with Crippen molar-refractivity contribution in [2.45, 2.75) is 53.2 Å². The van der Waals surface area contributed by atoms with Crippen LogP contribution in [0, 0.1) is 25.7 Å². The molecule has 0 radical (unpaired) electrons. The molecule has 0 bridgehead atoms. The molecule has 4 heteroatoms. The smallest absolute Gasteiger partial charge is 0.145 e. The molecule has 1 aliphatic heterocycles. The van der Waals surface area contributed by atoms with Gasteiger partial charge in [-0.3, -0.25) is 4.79 Å². The van der Waals surface area contributed by atoms with Gasteiger partial charge in [0.05, 0.1) is 24.3 Å². The van der Waals surface area contributed by atoms with Crippen LogP contribution in [0.1, 0.15) is 36.3 Å². The Kier molecular flexibility index (Phi) is 3.87. The van der Waals surface area contributed by atoms with E-state index in [0.717, 1.165) is 10.7 Å². The van der Waals surface area contributed by atoms with Gasteiger partial charge in [-0.15, -0.1) is 11.3 Å². The van der Waals surface area contributed by atoms with Crippen LogP contribution >= 0.6 is 11.3 Å². The zero-order valence-electron chi connectivity index (χ0n) is 11.7. The van der Waals surface area contributed by atoms with Gasteiger partial charge in [0.1, 0.15) is 10.8 Å². The molecule has 4 atom stereocenters. The molecule has 2 heterocycles. The van der Waals surface area contributed by atoms with Crippen LogP contribution < -0.4 is 0 Å². The SMILES string of the molecule is Cc1nc(CC(=O)C2C(C)OC(C)C2C)sc1C. The van der Waals surface area contributed by atoms with Crippen molar-refractivity contribution in [1.29, 1.82) is 0 Å². The first-order valence-corrected chi connectivity index (χ1v) is 7.33. The van der Waals surface area contributed by atoms with Crippen molar-refractivity contribution in [1.82, 2.24) is 4.98 Å². The predicted molar refractivity (Wildman–Crippen MR) is 73.0 cm³/mol. The standard InChI is InChI=1S/C14H21NO2S/c1-7-9(3)17-10(4)14(7)12(16)6-13-15-8(2)11(5)18-13/h7,9-10,14H,6H2,1-5H3. The lowest BCUT2D eigenvalue weighted by atomic mass is 9.85. The molecule has 0 saturated carbocycles. The Balaban J connectivity index is 2.08. The first-order valence-electron chi connectivity index (χ1n) is 6.51. The highest BCUT2D eigenvalue weighted by atomic mass is 32.1. The predicted octanol–water partition coefficient (Wildman–Crippen LogP) is 2.93. The number of carbonyl (C=O) groups excluding carboxylic acids is 1. The molecule has 0 spiro atoms. The van der Waals surface area contributed by atoms with Gasteiger partial charge in [0.2, 0.25) is 0 Å². The lowest BCUT2D eigenvalue weighted by Gasteiger charge is -2.16. The average molecular weight is 267 g/mol. The minimum Gasteiger partial charge on any atom is -0.375 e. The Morgan fingerprint density at radius 3 is 2.39 bits per heavy atom. The molecule has 1 aliphatic rings. The Labute approximate surface area is 113 Å². The summed E-state index contributed by atoms with van der Waals surface area (Å²) in [5, 5.41) is 0.939. The number of thiazole rings is 1. The second-order valence-electron chi connectivity index (χ2n) is 5.32. The number of hydrogen-bond donors (Lipinski definition) is 0. The van der Waals surface area contributed by atoms with Crippen molar-refractivity contribution in [2.24, 2.45) is 11.8 Å². The van der Waals surface area contributed by atoms with Crippen LogP contribution in [0.5, 0.6) is 0 Å². The molecule has 100 valence electrons. The maximum atomic E-state index is 12.4. The maximum absolute atomic E-state index is 12.4. The molecule has 0 aliphatic carbocycles. The molecular formula is C14H21NO2S. The van der Waals surface area contributed by atoms with Gasteiger partial charge in [0.25, 0.3) is 0 Å². The Morgan fingerprint density at radius 1 is 1.28 bits per heavy atom. The fraction of sp³-hybridized carbons (Fsp3) is 0.714. The van der Waals surface area contributed by atoms with Gasteiger partial charge in [0, 0.05) is 10.8 Å². The maximum Gasteiger partial charge on any atom is 0.145 e. The first kappa shape index (κ1) is 13.7. The zero-order valence-corrected chi connectivity index (χ0v) is 12.5. The summed E-state index contributed by atoms with van der Waals surface area (Å²) < 4.78 is 5.74. The van der Waals surface area contributed by atoms with Gasteiger partial charge in [-0.1, -0.05) is 6.92 Å². The minimum atomic E-state index is 0.0181. The summed E-state index contributed by atoms with van der Waals surface area (Å²) in [6.45, 7) is 10.2. The summed E-state index contributed by atoms with van der Waals surface area (Å²) >= 11 is 1.63. The number of aromatic nitrogens is 1. The van der Waals surface area contributed by atoms with Gasteiger partial charge in [-0.05, 0) is 33.6 Å². The number of Topliss-reactive ketones (excluding diaryl/α,β-unsaturated/α-hetero) is 1. The topological polar surface area (TPSA) is 39.2 Å². The van der Waals surface area contributed by atoms with Crippen LogP contribution in [0.25, 0.3) is 0 Å². The first-order chi connectivity index (χ1) is 8.40. The van der Waals surface area contributed by atoms with E-state index in [-0.39, 0.29) is 23.9 Å². The van der Waals surface area contributed by atoms with E-state index < -0.39 is 0 Å². The summed E-state index contributed by atoms with van der Waals surface area (Å²) in [5.41, 5.74) is 1.04. The van der Waals surface area contributed by atoms with E-state index in [9.17, 15) is 4.79 Å². The normalized spacial score (nSPS) is 31.8. The van der Waals surface area contributed by atoms with Crippen LogP contribution in [0.2, 0.25) is 0 Å². The van der Waals surface area contributed by atoms with E-state index in [4.69, 9.17) is 4.74 Å². The average Bonchev–Trinajstić information content (AvgIpc) is 2.69. The summed E-state index contributed by atoms with van der Waals surface area (Å²) in [6.07, 6.45) is 0.660. The van der Waals surface area contributed by atoms with Gasteiger partial charge in [-0.2, -0.15) is 0 Å². The number of hydrogen-bond acceptors (Lipinski definition) is 4. The summed E-state index contributed by atoms with van der Waals surface area (Å²) in [4.78, 5) is 18.0. The largest absolute Gasteiger partial charge is 0.375 e. The fourth-order valence-corrected chi connectivity index (χ4v) is 3.65. The number of aryl methyl sites for hydroxylation is 2. The zero-order chi connectivity index (χ0) is 13.4. The van der Waals surface area contributed by atoms with Crippen molar-refractivity contribution in [3.8, 4) is 0 Å². The molecular weight excluding hydrogens is 246 g/mol. The molecule has 3 nitrogen and oxygen atoms in total. The molecule has 0 aromatic carbocycles. The quantitative estimate of drug-likeness (QED) is 0.845. The van der Waals surface area contributed by atoms with Crippen molar-refractivity contribution in [3.05, 3.63) is 15.6 Å². The van der Waals surface area contributed by atoms with E-state index >= 15 is 0 Å². The van der Waals surface area contributed by atoms with Crippen LogP contribution in [0.4, 0.5) is 0 Å². The Hall–Kier alpha value is -0.740. The lowest BCUT2D eigenvalue weighted by molar-refractivity contribution is -0.124. The number of rotatable bonds is 3. The second kappa shape index (κ2) is 5.10. The van der Waals surface area contributed by atoms with E-state index in [1.165, 1.54) is 4.88 Å². The monoisotopic (exact) mass is 267 g/mol. The number of carbonyl (C=O) groups is 1. The van der Waals surface area contributed by atoms with Gasteiger partial charge < -0.3 is 4.74 Å². The highest BCUT2D eigenvalue weighted by Crippen LogP contribution is 2.33. The van der Waals surface area contributed by atoms with Crippen molar-refractivity contribution >= 4 is 17.1 Å². The molecule has 0 N–H and O–H groups in total. The Bertz CT molecular complexity index is 435. The van der Waals surface area contributed by atoms with Crippen molar-refractivity contribution < 1.29 is 9.53 Å². The van der Waals surface area contributed by atoms with Crippen LogP contribution in [-0.4, -0.2) is 23.0 Å². The van der Waals surface area contributed by atoms with Gasteiger partial charge >= 0.3 is 0 Å². The van der Waals surface area contributed by atoms with E-state index in [1.54, 1.807) is 11.3 Å². The molecule has 1 saturated heterocycles. The molecule has 0 amide bonds. The fourth-order valence-electron chi connectivity index (χ4n) is 2.70. The highest BCUT2D eigenvalue weighted by Gasteiger charge is 2.41. The van der Waals surface area contributed by atoms with Crippen LogP contribution in [-0.2, 0) is 16.0 Å². The van der Waals surface area contributed by atoms with E-state index in [2.05, 4.69) is 11.9 Å². The minimum absolute atomic E-state index is 0.0181. The summed E-state index contributed by atoms with van der Waals surface area (Å²) in [6, 6.07) is 0. The number of ether oxygens (including phenoxy) is 1. The van der Waals surface area contributed by atoms with Crippen LogP contribution in [0.3, 0.4) is 0 Å². The van der Waals surface area contributed by atoms with E-state index in [0.29, 0.717) is 12.3 Å². The lowest BCUT2D eigenvalue weighted by Crippen LogP contribution is -2.28. The summed E-state index contributed by atoms with van der Waals surface area (Å²) in [7, 11) is 0. The van der Waals surface area contributed by atoms with Crippen LogP contribution in [0.15, 0.2) is 0 Å². The third-order valence-corrected chi connectivity index (χ3v) is 5.08. The highest BCUT2D eigenvalue weighted by molar-refractivity contribution is 7.11. The van der Waals surface area contributed by atoms with E-state index in [1.807, 2.05) is 27.7 Å². The second-order valence-corrected chi connectivity index (χ2v) is 6.61. The Morgan fingerprint density at radius 2 is 1.94 bits per heavy atom. The molecule has 18 heavy (non-hydrogen) atoms. The van der Waals surface area contributed by atoms with Gasteiger partial charge in [0.15, 0.2) is 0 Å². The molecule has 1 aromatic heterocycles.